The van der Waals surface area contributed by atoms with Crippen molar-refractivity contribution in [3.63, 3.8) is 0 Å². The summed E-state index contributed by atoms with van der Waals surface area (Å²) in [4.78, 5) is 91.5. The van der Waals surface area contributed by atoms with Crippen molar-refractivity contribution >= 4 is 47.3 Å². The van der Waals surface area contributed by atoms with Gasteiger partial charge in [0.05, 0.1) is 34.1 Å². The molecule has 0 saturated carbocycles. The molecular formula is C39H45N3O16. The highest BCUT2D eigenvalue weighted by molar-refractivity contribution is 5.88. The number of para-hydroxylation sites is 2. The van der Waals surface area contributed by atoms with E-state index in [1.54, 1.807) is 6.07 Å². The van der Waals surface area contributed by atoms with Crippen LogP contribution >= 0.6 is 0 Å². The van der Waals surface area contributed by atoms with Crippen molar-refractivity contribution in [1.29, 1.82) is 0 Å². The van der Waals surface area contributed by atoms with E-state index in [9.17, 15) is 49.0 Å². The minimum atomic E-state index is -1.27. The Labute approximate surface area is 333 Å². The number of nitrogens with zero attached hydrogens (tertiary/aromatic N) is 2. The van der Waals surface area contributed by atoms with Gasteiger partial charge in [0.2, 0.25) is 0 Å². The molecule has 312 valence electrons. The molecule has 0 saturated heterocycles. The number of nitrogens with one attached hydrogen (secondary N) is 1. The van der Waals surface area contributed by atoms with Gasteiger partial charge in [-0.2, -0.15) is 0 Å². The summed E-state index contributed by atoms with van der Waals surface area (Å²) >= 11 is 0. The lowest BCUT2D eigenvalue weighted by atomic mass is 10.1. The maximum absolute atomic E-state index is 12.3. The Morgan fingerprint density at radius 1 is 0.603 bits per heavy atom. The number of amides is 1. The molecule has 1 N–H and O–H groups in total. The van der Waals surface area contributed by atoms with Crippen LogP contribution in [0.3, 0.4) is 0 Å². The van der Waals surface area contributed by atoms with Gasteiger partial charge >= 0.3 is 35.9 Å². The van der Waals surface area contributed by atoms with Crippen molar-refractivity contribution in [1.82, 2.24) is 5.32 Å². The van der Waals surface area contributed by atoms with E-state index in [-0.39, 0.29) is 84.0 Å². The number of alkyl carbamates (subject to hydrolysis) is 1. The van der Waals surface area contributed by atoms with E-state index >= 15 is 0 Å². The fourth-order valence-corrected chi connectivity index (χ4v) is 4.08. The summed E-state index contributed by atoms with van der Waals surface area (Å²) in [6.45, 7) is 18.5. The van der Waals surface area contributed by atoms with Crippen LogP contribution in [-0.4, -0.2) is 78.8 Å². The molecule has 2 unspecified atom stereocenters. The normalized spacial score (nSPS) is 11.0. The first-order valence-electron chi connectivity index (χ1n) is 17.2. The Bertz CT molecular complexity index is 1900. The van der Waals surface area contributed by atoms with Crippen molar-refractivity contribution in [3.05, 3.63) is 128 Å². The first kappa shape index (κ1) is 48.8. The molecule has 19 heteroatoms. The Hall–Kier alpha value is -7.18. The van der Waals surface area contributed by atoms with Gasteiger partial charge in [0, 0.05) is 40.8 Å². The van der Waals surface area contributed by atoms with Gasteiger partial charge in [-0.25, -0.2) is 24.0 Å². The number of rotatable bonds is 21. The Kier molecular flexibility index (Phi) is 21.1. The lowest BCUT2D eigenvalue weighted by molar-refractivity contribution is -0.386. The fraction of sp³-hybridized carbons (Fsp3) is 0.333. The Balaban J connectivity index is 0.000000632. The van der Waals surface area contributed by atoms with Crippen molar-refractivity contribution in [2.24, 2.45) is 0 Å². The number of ether oxygens (including phenoxy) is 6. The van der Waals surface area contributed by atoms with Crippen LogP contribution in [0.15, 0.2) is 97.1 Å². The van der Waals surface area contributed by atoms with Gasteiger partial charge in [0.1, 0.15) is 19.8 Å². The van der Waals surface area contributed by atoms with Crippen LogP contribution in [0.25, 0.3) is 0 Å². The third-order valence-electron chi connectivity index (χ3n) is 6.97. The molecule has 0 aliphatic carbocycles. The van der Waals surface area contributed by atoms with Crippen LogP contribution in [0.1, 0.15) is 63.9 Å². The van der Waals surface area contributed by atoms with E-state index in [4.69, 9.17) is 28.4 Å². The number of nitro groups is 2. The van der Waals surface area contributed by atoms with E-state index in [0.717, 1.165) is 0 Å². The van der Waals surface area contributed by atoms with Crippen LogP contribution in [-0.2, 0) is 52.4 Å². The highest BCUT2D eigenvalue weighted by atomic mass is 16.6. The van der Waals surface area contributed by atoms with E-state index in [2.05, 4.69) is 31.6 Å². The Morgan fingerprint density at radius 2 is 1.02 bits per heavy atom. The standard InChI is InChI=1S/C23H28N2O10.C16H17NO6/c1-15(2)21(27)32-12-7-10-20(26)35-19(17-8-5-6-9-18(17)25(30)31)14-34-23(29)24-11-13-33-22(28)16(3)4;1-10(2)15(18)22-9-14(23-16(19)11(3)4)12-7-5-6-8-13(12)17(20)21/h5-6,8-9,19H,1,3,7,10-14H2,2,4H3,(H,24,29);5-8,14H,1,3,9H2,2,4H3. The van der Waals surface area contributed by atoms with Gasteiger partial charge in [0.15, 0.2) is 12.2 Å². The molecule has 0 fully saturated rings. The largest absolute Gasteiger partial charge is 0.462 e. The lowest BCUT2D eigenvalue weighted by Gasteiger charge is -2.18. The SMILES string of the molecule is C=C(C)C(=O)OCC(OC(=O)C(=C)C)c1ccccc1[N+](=O)[O-].C=C(C)C(=O)OCCCC(=O)OC(COC(=O)NCCOC(=O)C(=C)C)c1ccccc1[N+](=O)[O-]. The number of benzene rings is 2. The average Bonchev–Trinajstić information content (AvgIpc) is 3.17. The second-order valence-corrected chi connectivity index (χ2v) is 12.1. The van der Waals surface area contributed by atoms with Gasteiger partial charge < -0.3 is 33.7 Å². The quantitative estimate of drug-likeness (QED) is 0.0390. The van der Waals surface area contributed by atoms with E-state index < -0.39 is 64.6 Å². The van der Waals surface area contributed by atoms with Crippen molar-refractivity contribution < 1.29 is 67.0 Å². The van der Waals surface area contributed by atoms with Crippen molar-refractivity contribution in [2.75, 3.05) is 33.0 Å². The second kappa shape index (κ2) is 25.1. The van der Waals surface area contributed by atoms with Crippen LogP contribution < -0.4 is 5.32 Å². The topological polar surface area (TPSA) is 256 Å². The zero-order chi connectivity index (χ0) is 43.9. The van der Waals surface area contributed by atoms with Crippen LogP contribution in [0.5, 0.6) is 0 Å². The monoisotopic (exact) mass is 811 g/mol. The molecule has 58 heavy (non-hydrogen) atoms. The number of nitro benzene ring substituents is 2. The predicted molar refractivity (Wildman–Crippen MR) is 205 cm³/mol. The molecule has 0 spiro atoms. The van der Waals surface area contributed by atoms with Crippen LogP contribution in [0.4, 0.5) is 16.2 Å². The number of hydrogen-bond acceptors (Lipinski definition) is 16. The molecular weight excluding hydrogens is 766 g/mol. The molecule has 0 aliphatic rings. The van der Waals surface area contributed by atoms with Gasteiger partial charge in [0.25, 0.3) is 11.4 Å². The summed E-state index contributed by atoms with van der Waals surface area (Å²) in [7, 11) is 0. The van der Waals surface area contributed by atoms with Gasteiger partial charge in [-0.3, -0.25) is 25.0 Å². The first-order valence-corrected chi connectivity index (χ1v) is 17.2. The third-order valence-corrected chi connectivity index (χ3v) is 6.97. The fourth-order valence-electron chi connectivity index (χ4n) is 4.08. The lowest BCUT2D eigenvalue weighted by Crippen LogP contribution is -2.30. The number of carbonyl (C=O) groups excluding carboxylic acids is 6. The van der Waals surface area contributed by atoms with E-state index in [1.807, 2.05) is 0 Å². The predicted octanol–water partition coefficient (Wildman–Crippen LogP) is 5.80. The summed E-state index contributed by atoms with van der Waals surface area (Å²) in [6, 6.07) is 11.3. The van der Waals surface area contributed by atoms with E-state index in [0.29, 0.717) is 0 Å². The highest BCUT2D eigenvalue weighted by Gasteiger charge is 2.28. The van der Waals surface area contributed by atoms with Gasteiger partial charge in [-0.05, 0) is 46.2 Å². The highest BCUT2D eigenvalue weighted by Crippen LogP contribution is 2.30. The molecule has 2 rings (SSSR count). The smallest absolute Gasteiger partial charge is 0.407 e. The first-order chi connectivity index (χ1) is 27.3. The van der Waals surface area contributed by atoms with Crippen LogP contribution in [0, 0.1) is 20.2 Å². The van der Waals surface area contributed by atoms with E-state index in [1.165, 1.54) is 70.2 Å². The summed E-state index contributed by atoms with van der Waals surface area (Å²) in [5, 5.41) is 24.9. The molecule has 1 amide bonds. The molecule has 0 bridgehead atoms. The molecule has 0 aliphatic heterocycles. The van der Waals surface area contributed by atoms with Crippen molar-refractivity contribution in [2.45, 2.75) is 52.7 Å². The summed E-state index contributed by atoms with van der Waals surface area (Å²) < 4.78 is 30.2. The number of carbonyl (C=O) groups is 6. The van der Waals surface area contributed by atoms with Gasteiger partial charge in [-0.1, -0.05) is 50.6 Å². The molecule has 0 heterocycles. The molecule has 2 aromatic rings. The molecule has 19 nitrogen and oxygen atoms in total. The maximum Gasteiger partial charge on any atom is 0.407 e. The number of esters is 5. The Morgan fingerprint density at radius 3 is 1.48 bits per heavy atom. The average molecular weight is 812 g/mol. The zero-order valence-corrected chi connectivity index (χ0v) is 32.5. The summed E-state index contributed by atoms with van der Waals surface area (Å²) in [5.41, 5.74) is 0.306. The molecule has 2 atom stereocenters. The zero-order valence-electron chi connectivity index (χ0n) is 32.5. The van der Waals surface area contributed by atoms with Gasteiger partial charge in [-0.15, -0.1) is 0 Å². The summed E-state index contributed by atoms with van der Waals surface area (Å²) in [5.74, 6) is -3.36. The van der Waals surface area contributed by atoms with Crippen LogP contribution in [0.2, 0.25) is 0 Å². The minimum Gasteiger partial charge on any atom is -0.462 e. The minimum absolute atomic E-state index is 0.0303. The second-order valence-electron chi connectivity index (χ2n) is 12.1. The third kappa shape index (κ3) is 18.0. The maximum atomic E-state index is 12.3. The summed E-state index contributed by atoms with van der Waals surface area (Å²) in [6.07, 6.45) is -3.31. The number of hydrogen-bond donors (Lipinski definition) is 1. The molecule has 0 aromatic heterocycles. The molecule has 2 aromatic carbocycles. The molecule has 0 radical (unpaired) electrons. The van der Waals surface area contributed by atoms with Crippen molar-refractivity contribution in [3.8, 4) is 0 Å².